The van der Waals surface area contributed by atoms with E-state index in [1.807, 2.05) is 32.9 Å². The number of nitrogens with two attached hydrogens (primary N) is 1. The molecule has 0 spiro atoms. The Kier molecular flexibility index (Phi) is 3.67. The minimum absolute atomic E-state index is 0.186. The van der Waals surface area contributed by atoms with Gasteiger partial charge in [0.2, 0.25) is 0 Å². The van der Waals surface area contributed by atoms with E-state index in [2.05, 4.69) is 16.0 Å². The van der Waals surface area contributed by atoms with Crippen molar-refractivity contribution in [2.24, 2.45) is 5.73 Å². The second-order valence-corrected chi connectivity index (χ2v) is 4.59. The summed E-state index contributed by atoms with van der Waals surface area (Å²) in [6.45, 7) is 6.51. The van der Waals surface area contributed by atoms with E-state index in [9.17, 15) is 0 Å². The van der Waals surface area contributed by atoms with Gasteiger partial charge in [-0.25, -0.2) is 4.98 Å². The highest BCUT2D eigenvalue weighted by Gasteiger charge is 2.06. The number of H-pyrrole nitrogens is 1. The normalized spacial score (nSPS) is 10.9. The predicted molar refractivity (Wildman–Crippen MR) is 72.4 cm³/mol. The number of aromatic nitrogens is 2. The fourth-order valence-electron chi connectivity index (χ4n) is 1.82. The lowest BCUT2D eigenvalue weighted by atomic mass is 10.1. The number of rotatable bonds is 4. The quantitative estimate of drug-likeness (QED) is 0.870. The highest BCUT2D eigenvalue weighted by molar-refractivity contribution is 5.61. The maximum absolute atomic E-state index is 5.72. The van der Waals surface area contributed by atoms with Crippen LogP contribution in [-0.2, 0) is 6.54 Å². The fourth-order valence-corrected chi connectivity index (χ4v) is 1.82. The molecule has 0 fully saturated rings. The summed E-state index contributed by atoms with van der Waals surface area (Å²) in [6, 6.07) is 6.11. The van der Waals surface area contributed by atoms with Crippen LogP contribution in [0.3, 0.4) is 0 Å². The van der Waals surface area contributed by atoms with Gasteiger partial charge in [0.05, 0.1) is 24.5 Å². The molecule has 96 valence electrons. The summed E-state index contributed by atoms with van der Waals surface area (Å²) >= 11 is 0. The summed E-state index contributed by atoms with van der Waals surface area (Å²) < 4.78 is 5.72. The molecule has 0 aliphatic rings. The lowest BCUT2D eigenvalue weighted by Gasteiger charge is -2.13. The van der Waals surface area contributed by atoms with Crippen LogP contribution in [0.25, 0.3) is 11.3 Å². The van der Waals surface area contributed by atoms with Gasteiger partial charge in [0, 0.05) is 5.56 Å². The van der Waals surface area contributed by atoms with Crippen molar-refractivity contribution >= 4 is 0 Å². The number of nitrogens with one attached hydrogen (secondary N) is 1. The summed E-state index contributed by atoms with van der Waals surface area (Å²) in [5.74, 6) is 1.72. The van der Waals surface area contributed by atoms with E-state index in [1.54, 1.807) is 6.20 Å². The molecule has 0 amide bonds. The first-order chi connectivity index (χ1) is 8.60. The molecule has 0 unspecified atom stereocenters. The van der Waals surface area contributed by atoms with E-state index < -0.39 is 0 Å². The molecule has 0 atom stereocenters. The molecule has 1 heterocycles. The predicted octanol–water partition coefficient (Wildman–Crippen LogP) is 2.63. The monoisotopic (exact) mass is 245 g/mol. The van der Waals surface area contributed by atoms with Crippen LogP contribution in [0, 0.1) is 6.92 Å². The molecule has 0 saturated heterocycles. The smallest absolute Gasteiger partial charge is 0.122 e. The molecule has 0 aliphatic heterocycles. The van der Waals surface area contributed by atoms with E-state index in [0.29, 0.717) is 6.54 Å². The SMILES string of the molecule is Cc1cc(-c2cnc(CN)[nH]2)ccc1OC(C)C. The zero-order valence-electron chi connectivity index (χ0n) is 11.0. The van der Waals surface area contributed by atoms with E-state index in [4.69, 9.17) is 10.5 Å². The molecule has 0 bridgehead atoms. The van der Waals surface area contributed by atoms with Crippen LogP contribution in [0.1, 0.15) is 25.2 Å². The molecule has 4 nitrogen and oxygen atoms in total. The summed E-state index contributed by atoms with van der Waals surface area (Å²) in [5, 5.41) is 0. The summed E-state index contributed by atoms with van der Waals surface area (Å²) in [5.41, 5.74) is 8.73. The summed E-state index contributed by atoms with van der Waals surface area (Å²) in [7, 11) is 0. The van der Waals surface area contributed by atoms with Crippen molar-refractivity contribution in [3.8, 4) is 17.0 Å². The maximum atomic E-state index is 5.72. The molecule has 0 aliphatic carbocycles. The van der Waals surface area contributed by atoms with Gasteiger partial charge < -0.3 is 15.5 Å². The van der Waals surface area contributed by atoms with Crippen LogP contribution in [0.15, 0.2) is 24.4 Å². The molecule has 3 N–H and O–H groups in total. The molecular formula is C14H19N3O. The Morgan fingerprint density at radius 2 is 2.17 bits per heavy atom. The van der Waals surface area contributed by atoms with Gasteiger partial charge in [-0.2, -0.15) is 0 Å². The Morgan fingerprint density at radius 1 is 1.39 bits per heavy atom. The molecular weight excluding hydrogens is 226 g/mol. The summed E-state index contributed by atoms with van der Waals surface area (Å²) in [4.78, 5) is 7.39. The molecule has 1 aromatic carbocycles. The fraction of sp³-hybridized carbons (Fsp3) is 0.357. The largest absolute Gasteiger partial charge is 0.491 e. The highest BCUT2D eigenvalue weighted by Crippen LogP contribution is 2.25. The van der Waals surface area contributed by atoms with Gasteiger partial charge in [0.1, 0.15) is 11.6 Å². The topological polar surface area (TPSA) is 63.9 Å². The van der Waals surface area contributed by atoms with Gasteiger partial charge in [-0.1, -0.05) is 0 Å². The van der Waals surface area contributed by atoms with Crippen molar-refractivity contribution in [2.75, 3.05) is 0 Å². The van der Waals surface area contributed by atoms with E-state index in [-0.39, 0.29) is 6.10 Å². The van der Waals surface area contributed by atoms with Crippen LogP contribution in [0.5, 0.6) is 5.75 Å². The molecule has 0 radical (unpaired) electrons. The lowest BCUT2D eigenvalue weighted by molar-refractivity contribution is 0.241. The summed E-state index contributed by atoms with van der Waals surface area (Å²) in [6.07, 6.45) is 1.99. The number of imidazole rings is 1. The van der Waals surface area contributed by atoms with Gasteiger partial charge in [0.25, 0.3) is 0 Å². The molecule has 4 heteroatoms. The minimum atomic E-state index is 0.186. The molecule has 18 heavy (non-hydrogen) atoms. The van der Waals surface area contributed by atoms with Crippen molar-refractivity contribution < 1.29 is 4.74 Å². The average Bonchev–Trinajstić information content (AvgIpc) is 2.80. The standard InChI is InChI=1S/C14H19N3O/c1-9(2)18-13-5-4-11(6-10(13)3)12-8-16-14(7-15)17-12/h4-6,8-9H,7,15H2,1-3H3,(H,16,17). The molecule has 2 aromatic rings. The number of hydrogen-bond acceptors (Lipinski definition) is 3. The van der Waals surface area contributed by atoms with Gasteiger partial charge in [0.15, 0.2) is 0 Å². The zero-order valence-corrected chi connectivity index (χ0v) is 11.0. The third-order valence-corrected chi connectivity index (χ3v) is 2.67. The number of ether oxygens (including phenoxy) is 1. The number of nitrogens with zero attached hydrogens (tertiary/aromatic N) is 1. The minimum Gasteiger partial charge on any atom is -0.491 e. The third kappa shape index (κ3) is 2.71. The highest BCUT2D eigenvalue weighted by atomic mass is 16.5. The van der Waals surface area contributed by atoms with Crippen LogP contribution >= 0.6 is 0 Å². The number of hydrogen-bond donors (Lipinski definition) is 2. The second-order valence-electron chi connectivity index (χ2n) is 4.59. The van der Waals surface area contributed by atoms with Gasteiger partial charge >= 0.3 is 0 Å². The van der Waals surface area contributed by atoms with Gasteiger partial charge in [-0.15, -0.1) is 0 Å². The lowest BCUT2D eigenvalue weighted by Crippen LogP contribution is -2.06. The van der Waals surface area contributed by atoms with E-state index in [0.717, 1.165) is 28.4 Å². The first-order valence-corrected chi connectivity index (χ1v) is 6.11. The van der Waals surface area contributed by atoms with E-state index in [1.165, 1.54) is 0 Å². The molecule has 0 saturated carbocycles. The molecule has 2 rings (SSSR count). The first kappa shape index (κ1) is 12.6. The van der Waals surface area contributed by atoms with Crippen LogP contribution < -0.4 is 10.5 Å². The maximum Gasteiger partial charge on any atom is 0.122 e. The molecule has 1 aromatic heterocycles. The Morgan fingerprint density at radius 3 is 2.72 bits per heavy atom. The second kappa shape index (κ2) is 5.23. The Bertz CT molecular complexity index is 532. The van der Waals surface area contributed by atoms with Crippen molar-refractivity contribution in [3.63, 3.8) is 0 Å². The Labute approximate surface area is 107 Å². The first-order valence-electron chi connectivity index (χ1n) is 6.11. The van der Waals surface area contributed by atoms with E-state index >= 15 is 0 Å². The van der Waals surface area contributed by atoms with Crippen molar-refractivity contribution in [1.29, 1.82) is 0 Å². The average molecular weight is 245 g/mol. The Hall–Kier alpha value is -1.81. The Balaban J connectivity index is 2.28. The van der Waals surface area contributed by atoms with Crippen LogP contribution in [-0.4, -0.2) is 16.1 Å². The van der Waals surface area contributed by atoms with Gasteiger partial charge in [-0.3, -0.25) is 0 Å². The van der Waals surface area contributed by atoms with Crippen molar-refractivity contribution in [2.45, 2.75) is 33.4 Å². The van der Waals surface area contributed by atoms with Crippen LogP contribution in [0.4, 0.5) is 0 Å². The number of benzene rings is 1. The van der Waals surface area contributed by atoms with Crippen LogP contribution in [0.2, 0.25) is 0 Å². The zero-order chi connectivity index (χ0) is 13.1. The van der Waals surface area contributed by atoms with Gasteiger partial charge in [-0.05, 0) is 44.5 Å². The van der Waals surface area contributed by atoms with Crippen molar-refractivity contribution in [3.05, 3.63) is 35.8 Å². The number of aromatic amines is 1. The number of aryl methyl sites for hydroxylation is 1. The third-order valence-electron chi connectivity index (χ3n) is 2.67. The van der Waals surface area contributed by atoms with Crippen molar-refractivity contribution in [1.82, 2.24) is 9.97 Å².